The zero-order valence-corrected chi connectivity index (χ0v) is 16.4. The van der Waals surface area contributed by atoms with Crippen molar-refractivity contribution >= 4 is 16.6 Å². The van der Waals surface area contributed by atoms with Gasteiger partial charge in [-0.05, 0) is 29.2 Å². The Morgan fingerprint density at radius 3 is 2.68 bits per heavy atom. The monoisotopic (exact) mass is 373 g/mol. The fourth-order valence-electron chi connectivity index (χ4n) is 5.19. The molecule has 4 nitrogen and oxygen atoms in total. The lowest BCUT2D eigenvalue weighted by atomic mass is 9.73. The van der Waals surface area contributed by atoms with Gasteiger partial charge in [0.05, 0.1) is 6.20 Å². The molecule has 0 bridgehead atoms. The number of amidine groups is 1. The number of hydrogen-bond donors (Lipinski definition) is 1. The maximum absolute atomic E-state index is 10.3. The van der Waals surface area contributed by atoms with Crippen molar-refractivity contribution in [2.45, 2.75) is 37.5 Å². The van der Waals surface area contributed by atoms with Crippen LogP contribution in [0.5, 0.6) is 0 Å². The first-order valence-corrected chi connectivity index (χ1v) is 10.3. The van der Waals surface area contributed by atoms with Gasteiger partial charge in [-0.3, -0.25) is 0 Å². The van der Waals surface area contributed by atoms with E-state index in [1.807, 2.05) is 6.20 Å². The molecular weight excluding hydrogens is 346 g/mol. The number of nitrogens with zero attached hydrogens (tertiary/aromatic N) is 3. The second kappa shape index (κ2) is 6.69. The standard InChI is InChI=1S/C24H27N3O/c1-26-13-14-27-21(17-26)22(28)16-25-23(27)15-24(11-4-5-12-24)20-10-6-8-18-7-2-3-9-19(18)20/h2-3,6-10,16-17,28H,4-5,11-15H2,1H3. The van der Waals surface area contributed by atoms with Crippen LogP contribution in [0.25, 0.3) is 10.8 Å². The van der Waals surface area contributed by atoms with Crippen LogP contribution in [0.2, 0.25) is 0 Å². The minimum Gasteiger partial charge on any atom is -0.504 e. The fraction of sp³-hybridized carbons (Fsp3) is 0.375. The van der Waals surface area contributed by atoms with Crippen molar-refractivity contribution in [2.75, 3.05) is 20.1 Å². The van der Waals surface area contributed by atoms with Crippen molar-refractivity contribution in [3.63, 3.8) is 0 Å². The van der Waals surface area contributed by atoms with Crippen LogP contribution < -0.4 is 0 Å². The summed E-state index contributed by atoms with van der Waals surface area (Å²) in [5.74, 6) is 1.35. The summed E-state index contributed by atoms with van der Waals surface area (Å²) in [5, 5.41) is 13.0. The summed E-state index contributed by atoms with van der Waals surface area (Å²) < 4.78 is 0. The molecule has 1 N–H and O–H groups in total. The lowest BCUT2D eigenvalue weighted by Gasteiger charge is -2.40. The Bertz CT molecular complexity index is 993. The predicted octanol–water partition coefficient (Wildman–Crippen LogP) is 4.94. The Morgan fingerprint density at radius 2 is 1.82 bits per heavy atom. The molecule has 0 amide bonds. The van der Waals surface area contributed by atoms with E-state index in [0.717, 1.165) is 31.0 Å². The summed E-state index contributed by atoms with van der Waals surface area (Å²) in [6, 6.07) is 15.5. The largest absolute Gasteiger partial charge is 0.504 e. The van der Waals surface area contributed by atoms with Gasteiger partial charge in [0.25, 0.3) is 0 Å². The normalized spacial score (nSPS) is 21.2. The van der Waals surface area contributed by atoms with Gasteiger partial charge < -0.3 is 14.9 Å². The second-order valence-electron chi connectivity index (χ2n) is 8.40. The third-order valence-electron chi connectivity index (χ3n) is 6.64. The van der Waals surface area contributed by atoms with Gasteiger partial charge in [-0.15, -0.1) is 0 Å². The Hall–Kier alpha value is -2.75. The van der Waals surface area contributed by atoms with E-state index >= 15 is 0 Å². The lowest BCUT2D eigenvalue weighted by Crippen LogP contribution is -2.44. The van der Waals surface area contributed by atoms with Crippen LogP contribution in [-0.2, 0) is 5.41 Å². The summed E-state index contributed by atoms with van der Waals surface area (Å²) in [4.78, 5) is 9.06. The van der Waals surface area contributed by atoms with Crippen molar-refractivity contribution in [3.8, 4) is 0 Å². The Morgan fingerprint density at radius 1 is 1.04 bits per heavy atom. The second-order valence-corrected chi connectivity index (χ2v) is 8.40. The maximum Gasteiger partial charge on any atom is 0.159 e. The maximum atomic E-state index is 10.3. The fourth-order valence-corrected chi connectivity index (χ4v) is 5.19. The Kier molecular flexibility index (Phi) is 4.15. The zero-order chi connectivity index (χ0) is 19.1. The van der Waals surface area contributed by atoms with Gasteiger partial charge in [-0.25, -0.2) is 4.99 Å². The van der Waals surface area contributed by atoms with Crippen LogP contribution in [-0.4, -0.2) is 40.9 Å². The van der Waals surface area contributed by atoms with Crippen molar-refractivity contribution in [1.29, 1.82) is 0 Å². The molecule has 0 unspecified atom stereocenters. The summed E-state index contributed by atoms with van der Waals surface area (Å²) in [5.41, 5.74) is 2.46. The number of aliphatic imine (C=N–C) groups is 1. The van der Waals surface area contributed by atoms with E-state index in [1.54, 1.807) is 6.20 Å². The van der Waals surface area contributed by atoms with E-state index < -0.39 is 0 Å². The van der Waals surface area contributed by atoms with Crippen molar-refractivity contribution in [3.05, 3.63) is 71.9 Å². The smallest absolute Gasteiger partial charge is 0.159 e. The molecule has 3 aliphatic rings. The van der Waals surface area contributed by atoms with Gasteiger partial charge in [0, 0.05) is 38.2 Å². The topological polar surface area (TPSA) is 39.1 Å². The number of benzene rings is 2. The summed E-state index contributed by atoms with van der Waals surface area (Å²) >= 11 is 0. The van der Waals surface area contributed by atoms with Crippen LogP contribution in [0, 0.1) is 0 Å². The minimum absolute atomic E-state index is 0.120. The minimum atomic E-state index is 0.120. The lowest BCUT2D eigenvalue weighted by molar-refractivity contribution is 0.297. The SMILES string of the molecule is CN1C=C2C(O)=CN=C(CC3(c4cccc5ccccc45)CCCC3)N2CC1. The molecule has 2 aromatic carbocycles. The summed E-state index contributed by atoms with van der Waals surface area (Å²) in [6.07, 6.45) is 9.51. The number of aliphatic hydroxyl groups is 1. The van der Waals surface area contributed by atoms with E-state index in [0.29, 0.717) is 0 Å². The molecule has 144 valence electrons. The van der Waals surface area contributed by atoms with Gasteiger partial charge in [0.2, 0.25) is 0 Å². The highest BCUT2D eigenvalue weighted by atomic mass is 16.3. The molecule has 4 heteroatoms. The average molecular weight is 374 g/mol. The third kappa shape index (κ3) is 2.79. The molecule has 28 heavy (non-hydrogen) atoms. The summed E-state index contributed by atoms with van der Waals surface area (Å²) in [6.45, 7) is 1.81. The Balaban J connectivity index is 1.57. The van der Waals surface area contributed by atoms with Gasteiger partial charge in [-0.2, -0.15) is 0 Å². The average Bonchev–Trinajstić information content (AvgIpc) is 3.19. The van der Waals surface area contributed by atoms with Crippen LogP contribution in [0.3, 0.4) is 0 Å². The first-order valence-electron chi connectivity index (χ1n) is 10.3. The highest BCUT2D eigenvalue weighted by Crippen LogP contribution is 2.47. The molecule has 2 heterocycles. The third-order valence-corrected chi connectivity index (χ3v) is 6.64. The van der Waals surface area contributed by atoms with E-state index in [1.165, 1.54) is 42.0 Å². The van der Waals surface area contributed by atoms with Crippen LogP contribution in [0.15, 0.2) is 71.3 Å². The molecule has 2 aromatic rings. The van der Waals surface area contributed by atoms with E-state index in [2.05, 4.69) is 59.3 Å². The van der Waals surface area contributed by atoms with Crippen molar-refractivity contribution in [2.24, 2.45) is 4.99 Å². The van der Waals surface area contributed by atoms with Gasteiger partial charge in [0.1, 0.15) is 11.5 Å². The molecule has 1 saturated carbocycles. The highest BCUT2D eigenvalue weighted by Gasteiger charge is 2.40. The predicted molar refractivity (Wildman–Crippen MR) is 114 cm³/mol. The molecule has 0 atom stereocenters. The number of aliphatic hydroxyl groups excluding tert-OH is 1. The first-order chi connectivity index (χ1) is 13.7. The quantitative estimate of drug-likeness (QED) is 0.828. The Labute approximate surface area is 166 Å². The number of fused-ring (bicyclic) bond motifs is 2. The number of likely N-dealkylation sites (N-methyl/N-ethyl adjacent to an activating group) is 1. The number of rotatable bonds is 3. The molecule has 1 aliphatic carbocycles. The molecule has 5 rings (SSSR count). The molecular formula is C24H27N3O. The molecule has 0 radical (unpaired) electrons. The highest BCUT2D eigenvalue weighted by molar-refractivity contribution is 5.91. The molecule has 0 aromatic heterocycles. The van der Waals surface area contributed by atoms with Crippen LogP contribution in [0.4, 0.5) is 0 Å². The van der Waals surface area contributed by atoms with Crippen molar-refractivity contribution < 1.29 is 5.11 Å². The van der Waals surface area contributed by atoms with Gasteiger partial charge >= 0.3 is 0 Å². The molecule has 0 spiro atoms. The van der Waals surface area contributed by atoms with E-state index in [4.69, 9.17) is 4.99 Å². The van der Waals surface area contributed by atoms with Gasteiger partial charge in [-0.1, -0.05) is 55.3 Å². The molecule has 0 saturated heterocycles. The van der Waals surface area contributed by atoms with E-state index in [9.17, 15) is 5.11 Å². The van der Waals surface area contributed by atoms with Crippen molar-refractivity contribution in [1.82, 2.24) is 9.80 Å². The van der Waals surface area contributed by atoms with E-state index in [-0.39, 0.29) is 11.2 Å². The van der Waals surface area contributed by atoms with Crippen LogP contribution in [0.1, 0.15) is 37.7 Å². The summed E-state index contributed by atoms with van der Waals surface area (Å²) in [7, 11) is 2.05. The van der Waals surface area contributed by atoms with Gasteiger partial charge in [0.15, 0.2) is 5.76 Å². The molecule has 2 aliphatic heterocycles. The van der Waals surface area contributed by atoms with Crippen LogP contribution >= 0.6 is 0 Å². The molecule has 1 fully saturated rings. The first kappa shape index (κ1) is 17.4. The zero-order valence-electron chi connectivity index (χ0n) is 16.4. The number of hydrogen-bond acceptors (Lipinski definition) is 4.